The molecule has 0 unspecified atom stereocenters. The van der Waals surface area contributed by atoms with Crippen molar-refractivity contribution in [1.29, 1.82) is 0 Å². The van der Waals surface area contributed by atoms with Crippen molar-refractivity contribution in [2.45, 2.75) is 6.61 Å². The smallest absolute Gasteiger partial charge is 0.293 e. The second kappa shape index (κ2) is 5.05. The van der Waals surface area contributed by atoms with Crippen LogP contribution in [0.3, 0.4) is 0 Å². The van der Waals surface area contributed by atoms with Gasteiger partial charge in [-0.25, -0.2) is 0 Å². The fraction of sp³-hybridized carbons (Fsp3) is 0.200. The Balaban J connectivity index is 2.26. The Bertz CT molecular complexity index is 504. The summed E-state index contributed by atoms with van der Waals surface area (Å²) in [6, 6.07) is 0. The van der Waals surface area contributed by atoms with Crippen molar-refractivity contribution in [1.82, 2.24) is 19.7 Å². The number of nitrogens with zero attached hydrogens (tertiary/aromatic N) is 4. The highest BCUT2D eigenvalue weighted by Crippen LogP contribution is 2.24. The van der Waals surface area contributed by atoms with Gasteiger partial charge in [0, 0.05) is 7.05 Å². The Morgan fingerprint density at radius 1 is 1.41 bits per heavy atom. The van der Waals surface area contributed by atoms with E-state index in [1.54, 1.807) is 23.3 Å². The average molecular weight is 297 g/mol. The van der Waals surface area contributed by atoms with Gasteiger partial charge in [0.25, 0.3) is 6.47 Å². The highest BCUT2D eigenvalue weighted by atomic mass is 79.9. The topological polar surface area (TPSA) is 69.9 Å². The molecule has 2 aromatic rings. The average Bonchev–Trinajstić information content (AvgIpc) is 2.67. The zero-order valence-electron chi connectivity index (χ0n) is 9.00. The number of rotatable bonds is 4. The van der Waals surface area contributed by atoms with Gasteiger partial charge in [-0.1, -0.05) is 0 Å². The number of hydrogen-bond donors (Lipinski definition) is 0. The third-order valence-corrected chi connectivity index (χ3v) is 2.72. The van der Waals surface area contributed by atoms with Crippen LogP contribution < -0.4 is 0 Å². The Hall–Kier alpha value is -1.76. The van der Waals surface area contributed by atoms with Crippen LogP contribution in [0.25, 0.3) is 11.4 Å². The summed E-state index contributed by atoms with van der Waals surface area (Å²) in [7, 11) is 1.82. The molecule has 6 nitrogen and oxygen atoms in total. The van der Waals surface area contributed by atoms with E-state index in [1.165, 1.54) is 0 Å². The lowest BCUT2D eigenvalue weighted by atomic mass is 10.3. The molecule has 0 radical (unpaired) electrons. The largest absolute Gasteiger partial charge is 0.461 e. The molecular weight excluding hydrogens is 288 g/mol. The second-order valence-electron chi connectivity index (χ2n) is 3.26. The first-order valence-electron chi connectivity index (χ1n) is 4.76. The van der Waals surface area contributed by atoms with Gasteiger partial charge in [0.15, 0.2) is 0 Å². The lowest BCUT2D eigenvalue weighted by Gasteiger charge is -2.03. The van der Waals surface area contributed by atoms with Crippen LogP contribution >= 0.6 is 15.9 Å². The van der Waals surface area contributed by atoms with Crippen molar-refractivity contribution < 1.29 is 9.53 Å². The normalized spacial score (nSPS) is 10.2. The van der Waals surface area contributed by atoms with Gasteiger partial charge < -0.3 is 4.74 Å². The highest BCUT2D eigenvalue weighted by Gasteiger charge is 2.10. The van der Waals surface area contributed by atoms with E-state index in [9.17, 15) is 4.79 Å². The summed E-state index contributed by atoms with van der Waals surface area (Å²) in [5.74, 6) is 0. The second-order valence-corrected chi connectivity index (χ2v) is 4.12. The Kier molecular flexibility index (Phi) is 3.48. The molecule has 0 fully saturated rings. The zero-order valence-corrected chi connectivity index (χ0v) is 10.6. The molecule has 0 aliphatic carbocycles. The number of aromatic nitrogens is 4. The third-order valence-electron chi connectivity index (χ3n) is 2.14. The molecule has 0 aliphatic heterocycles. The van der Waals surface area contributed by atoms with E-state index in [-0.39, 0.29) is 6.61 Å². The Labute approximate surface area is 106 Å². The molecule has 0 aliphatic rings. The van der Waals surface area contributed by atoms with Crippen molar-refractivity contribution in [3.05, 3.63) is 28.8 Å². The molecule has 17 heavy (non-hydrogen) atoms. The van der Waals surface area contributed by atoms with Crippen molar-refractivity contribution >= 4 is 22.4 Å². The lowest BCUT2D eigenvalue weighted by molar-refractivity contribution is -0.129. The van der Waals surface area contributed by atoms with Crippen LogP contribution in [0, 0.1) is 0 Å². The van der Waals surface area contributed by atoms with Crippen LogP contribution in [0.4, 0.5) is 0 Å². The maximum Gasteiger partial charge on any atom is 0.293 e. The predicted molar refractivity (Wildman–Crippen MR) is 62.8 cm³/mol. The molecule has 0 N–H and O–H groups in total. The summed E-state index contributed by atoms with van der Waals surface area (Å²) >= 11 is 3.39. The maximum absolute atomic E-state index is 10.0. The lowest BCUT2D eigenvalue weighted by Crippen LogP contribution is -1.99. The van der Waals surface area contributed by atoms with Gasteiger partial charge in [-0.3, -0.25) is 19.4 Å². The number of aryl methyl sites for hydroxylation is 1. The highest BCUT2D eigenvalue weighted by molar-refractivity contribution is 9.10. The standard InChI is InChI=1S/C10H9BrN4O2/c1-15-10(8(11)3-14-15)9-4-12-7(2-13-9)5-17-6-16/h2-4,6H,5H2,1H3. The van der Waals surface area contributed by atoms with E-state index in [4.69, 9.17) is 0 Å². The molecule has 0 saturated carbocycles. The van der Waals surface area contributed by atoms with Gasteiger partial charge in [0.2, 0.25) is 0 Å². The Morgan fingerprint density at radius 3 is 2.76 bits per heavy atom. The first kappa shape index (κ1) is 11.7. The number of carbonyl (C=O) groups excluding carboxylic acids is 1. The first-order chi connectivity index (χ1) is 8.22. The summed E-state index contributed by atoms with van der Waals surface area (Å²) in [5, 5.41) is 4.10. The van der Waals surface area contributed by atoms with Crippen LogP contribution in [0.2, 0.25) is 0 Å². The van der Waals surface area contributed by atoms with Gasteiger partial charge in [-0.05, 0) is 15.9 Å². The molecular formula is C10H9BrN4O2. The van der Waals surface area contributed by atoms with Gasteiger partial charge in [0.05, 0.1) is 28.8 Å². The molecule has 2 rings (SSSR count). The summed E-state index contributed by atoms with van der Waals surface area (Å²) in [4.78, 5) is 18.4. The van der Waals surface area contributed by atoms with Gasteiger partial charge in [-0.2, -0.15) is 5.10 Å². The summed E-state index contributed by atoms with van der Waals surface area (Å²) < 4.78 is 7.14. The SMILES string of the molecule is Cn1ncc(Br)c1-c1cnc(COC=O)cn1. The molecule has 0 bridgehead atoms. The molecule has 0 aromatic carbocycles. The summed E-state index contributed by atoms with van der Waals surface area (Å²) in [5.41, 5.74) is 2.14. The number of halogens is 1. The molecule has 0 amide bonds. The van der Waals surface area contributed by atoms with Crippen LogP contribution in [0.15, 0.2) is 23.1 Å². The molecule has 0 saturated heterocycles. The molecule has 0 spiro atoms. The van der Waals surface area contributed by atoms with Crippen molar-refractivity contribution in [2.75, 3.05) is 0 Å². The molecule has 2 heterocycles. The van der Waals surface area contributed by atoms with Crippen LogP contribution in [-0.4, -0.2) is 26.2 Å². The molecule has 88 valence electrons. The van der Waals surface area contributed by atoms with E-state index < -0.39 is 0 Å². The molecule has 2 aromatic heterocycles. The van der Waals surface area contributed by atoms with Gasteiger partial charge in [-0.15, -0.1) is 0 Å². The first-order valence-corrected chi connectivity index (χ1v) is 5.55. The monoisotopic (exact) mass is 296 g/mol. The van der Waals surface area contributed by atoms with Crippen LogP contribution in [-0.2, 0) is 23.2 Å². The fourth-order valence-corrected chi connectivity index (χ4v) is 1.92. The number of carbonyl (C=O) groups is 1. The van der Waals surface area contributed by atoms with Crippen LogP contribution in [0.1, 0.15) is 5.69 Å². The van der Waals surface area contributed by atoms with Crippen LogP contribution in [0.5, 0.6) is 0 Å². The molecule has 7 heteroatoms. The summed E-state index contributed by atoms with van der Waals surface area (Å²) in [6.07, 6.45) is 4.88. The fourth-order valence-electron chi connectivity index (χ4n) is 1.37. The van der Waals surface area contributed by atoms with E-state index in [0.29, 0.717) is 17.9 Å². The van der Waals surface area contributed by atoms with Crippen molar-refractivity contribution in [2.24, 2.45) is 7.05 Å². The minimum absolute atomic E-state index is 0.128. The number of hydrogen-bond acceptors (Lipinski definition) is 5. The van der Waals surface area contributed by atoms with Gasteiger partial charge >= 0.3 is 0 Å². The predicted octanol–water partition coefficient (Wildman–Crippen LogP) is 1.31. The van der Waals surface area contributed by atoms with E-state index >= 15 is 0 Å². The van der Waals surface area contributed by atoms with E-state index in [2.05, 4.69) is 35.7 Å². The van der Waals surface area contributed by atoms with Crippen molar-refractivity contribution in [3.63, 3.8) is 0 Å². The maximum atomic E-state index is 10.0. The van der Waals surface area contributed by atoms with Crippen molar-refractivity contribution in [3.8, 4) is 11.4 Å². The quantitative estimate of drug-likeness (QED) is 0.796. The Morgan fingerprint density at radius 2 is 2.24 bits per heavy atom. The zero-order chi connectivity index (χ0) is 12.3. The number of ether oxygens (including phenoxy) is 1. The van der Waals surface area contributed by atoms with E-state index in [0.717, 1.165) is 10.2 Å². The minimum atomic E-state index is 0.128. The third kappa shape index (κ3) is 2.50. The van der Waals surface area contributed by atoms with Gasteiger partial charge in [0.1, 0.15) is 18.0 Å². The minimum Gasteiger partial charge on any atom is -0.461 e. The van der Waals surface area contributed by atoms with E-state index in [1.807, 2.05) is 7.05 Å². The molecule has 0 atom stereocenters. The summed E-state index contributed by atoms with van der Waals surface area (Å²) in [6.45, 7) is 0.511.